The topological polar surface area (TPSA) is 59.1 Å². The van der Waals surface area contributed by atoms with Crippen molar-refractivity contribution in [2.75, 3.05) is 40.9 Å². The lowest BCUT2D eigenvalue weighted by atomic mass is 10.0. The molecular formula is C20H26N2O4S. The molecule has 0 radical (unpaired) electrons. The number of piperazine rings is 1. The van der Waals surface area contributed by atoms with E-state index in [1.807, 2.05) is 14.0 Å². The van der Waals surface area contributed by atoms with Crippen LogP contribution in [0.2, 0.25) is 0 Å². The standard InChI is InChI=1S/C20H26N2O4S/c1-15-5-7-16(8-6-15)18-14-22(12-11-21(18)2)27(23,24)17-9-10-19(25-3)20(13-17)26-4/h5-10,13,18H,11-12,14H2,1-4H3. The van der Waals surface area contributed by atoms with Crippen molar-refractivity contribution in [2.45, 2.75) is 17.9 Å². The molecule has 2 aromatic rings. The predicted molar refractivity (Wildman–Crippen MR) is 105 cm³/mol. The van der Waals surface area contributed by atoms with Crippen LogP contribution in [0.15, 0.2) is 47.4 Å². The molecule has 0 aromatic heterocycles. The van der Waals surface area contributed by atoms with Crippen LogP contribution in [-0.2, 0) is 10.0 Å². The van der Waals surface area contributed by atoms with Gasteiger partial charge in [-0.15, -0.1) is 0 Å². The first-order valence-electron chi connectivity index (χ1n) is 8.86. The summed E-state index contributed by atoms with van der Waals surface area (Å²) in [7, 11) is 1.44. The molecule has 0 saturated carbocycles. The Morgan fingerprint density at radius 3 is 2.26 bits per heavy atom. The summed E-state index contributed by atoms with van der Waals surface area (Å²) in [5.41, 5.74) is 2.31. The molecule has 0 aliphatic carbocycles. The molecular weight excluding hydrogens is 364 g/mol. The Kier molecular flexibility index (Phi) is 5.74. The largest absolute Gasteiger partial charge is 0.493 e. The Balaban J connectivity index is 1.89. The number of nitrogens with zero attached hydrogens (tertiary/aromatic N) is 2. The van der Waals surface area contributed by atoms with Crippen LogP contribution in [-0.4, -0.2) is 58.5 Å². The number of rotatable bonds is 5. The highest BCUT2D eigenvalue weighted by molar-refractivity contribution is 7.89. The Morgan fingerprint density at radius 1 is 0.963 bits per heavy atom. The second kappa shape index (κ2) is 7.88. The van der Waals surface area contributed by atoms with Crippen molar-refractivity contribution < 1.29 is 17.9 Å². The zero-order valence-electron chi connectivity index (χ0n) is 16.2. The summed E-state index contributed by atoms with van der Waals surface area (Å²) in [4.78, 5) is 2.41. The average molecular weight is 391 g/mol. The molecule has 2 aromatic carbocycles. The van der Waals surface area contributed by atoms with Gasteiger partial charge in [0.1, 0.15) is 0 Å². The molecule has 6 nitrogen and oxygen atoms in total. The first-order chi connectivity index (χ1) is 12.9. The first-order valence-corrected chi connectivity index (χ1v) is 10.3. The van der Waals surface area contributed by atoms with Gasteiger partial charge in [-0.2, -0.15) is 4.31 Å². The molecule has 0 amide bonds. The highest BCUT2D eigenvalue weighted by Crippen LogP contribution is 2.33. The second-order valence-corrected chi connectivity index (χ2v) is 8.72. The van der Waals surface area contributed by atoms with Gasteiger partial charge in [0.05, 0.1) is 19.1 Å². The van der Waals surface area contributed by atoms with E-state index in [1.54, 1.807) is 16.4 Å². The van der Waals surface area contributed by atoms with E-state index < -0.39 is 10.0 Å². The van der Waals surface area contributed by atoms with Crippen molar-refractivity contribution in [3.05, 3.63) is 53.6 Å². The van der Waals surface area contributed by atoms with E-state index in [9.17, 15) is 8.42 Å². The van der Waals surface area contributed by atoms with Crippen LogP contribution in [0.4, 0.5) is 0 Å². The first kappa shape index (κ1) is 19.7. The third kappa shape index (κ3) is 3.95. The van der Waals surface area contributed by atoms with Gasteiger partial charge in [-0.1, -0.05) is 29.8 Å². The molecule has 1 aliphatic heterocycles. The van der Waals surface area contributed by atoms with E-state index in [1.165, 1.54) is 25.8 Å². The molecule has 1 atom stereocenters. The maximum absolute atomic E-state index is 13.2. The third-order valence-electron chi connectivity index (χ3n) is 5.07. The molecule has 0 bridgehead atoms. The molecule has 1 aliphatic rings. The molecule has 3 rings (SSSR count). The zero-order chi connectivity index (χ0) is 19.6. The van der Waals surface area contributed by atoms with Gasteiger partial charge in [-0.25, -0.2) is 8.42 Å². The van der Waals surface area contributed by atoms with Crippen LogP contribution in [0.5, 0.6) is 11.5 Å². The summed E-state index contributed by atoms with van der Waals surface area (Å²) in [6.45, 7) is 3.58. The van der Waals surface area contributed by atoms with E-state index in [2.05, 4.69) is 29.2 Å². The van der Waals surface area contributed by atoms with Crippen molar-refractivity contribution in [3.8, 4) is 11.5 Å². The lowest BCUT2D eigenvalue weighted by Gasteiger charge is -2.39. The van der Waals surface area contributed by atoms with Gasteiger partial charge in [0, 0.05) is 31.7 Å². The molecule has 1 unspecified atom stereocenters. The van der Waals surface area contributed by atoms with E-state index in [-0.39, 0.29) is 10.9 Å². The van der Waals surface area contributed by atoms with E-state index in [0.29, 0.717) is 31.1 Å². The molecule has 0 spiro atoms. The second-order valence-electron chi connectivity index (χ2n) is 6.79. The molecule has 1 fully saturated rings. The number of benzene rings is 2. The van der Waals surface area contributed by atoms with E-state index in [4.69, 9.17) is 9.47 Å². The summed E-state index contributed by atoms with van der Waals surface area (Å²) < 4.78 is 38.4. The summed E-state index contributed by atoms with van der Waals surface area (Å²) in [6, 6.07) is 13.0. The summed E-state index contributed by atoms with van der Waals surface area (Å²) >= 11 is 0. The van der Waals surface area contributed by atoms with Crippen LogP contribution in [0, 0.1) is 6.92 Å². The van der Waals surface area contributed by atoms with Crippen molar-refractivity contribution in [3.63, 3.8) is 0 Å². The van der Waals surface area contributed by atoms with Crippen LogP contribution in [0.1, 0.15) is 17.2 Å². The maximum atomic E-state index is 13.2. The molecule has 1 saturated heterocycles. The lowest BCUT2D eigenvalue weighted by Crippen LogP contribution is -2.48. The number of methoxy groups -OCH3 is 2. The van der Waals surface area contributed by atoms with Gasteiger partial charge >= 0.3 is 0 Å². The Bertz CT molecular complexity index is 897. The van der Waals surface area contributed by atoms with Gasteiger partial charge in [-0.05, 0) is 31.7 Å². The fourth-order valence-corrected chi connectivity index (χ4v) is 4.80. The Hall–Kier alpha value is -2.09. The molecule has 7 heteroatoms. The Labute approximate surface area is 161 Å². The van der Waals surface area contributed by atoms with Gasteiger partial charge in [0.25, 0.3) is 0 Å². The minimum atomic E-state index is -3.62. The quantitative estimate of drug-likeness (QED) is 0.786. The number of hydrogen-bond donors (Lipinski definition) is 0. The SMILES string of the molecule is COc1ccc(S(=O)(=O)N2CCN(C)C(c3ccc(C)cc3)C2)cc1OC. The average Bonchev–Trinajstić information content (AvgIpc) is 2.68. The third-order valence-corrected chi connectivity index (χ3v) is 6.93. The zero-order valence-corrected chi connectivity index (χ0v) is 17.0. The fraction of sp³-hybridized carbons (Fsp3) is 0.400. The summed E-state index contributed by atoms with van der Waals surface area (Å²) in [5.74, 6) is 0.912. The van der Waals surface area contributed by atoms with E-state index in [0.717, 1.165) is 5.56 Å². The van der Waals surface area contributed by atoms with Crippen LogP contribution in [0.25, 0.3) is 0 Å². The molecule has 146 valence electrons. The minimum Gasteiger partial charge on any atom is -0.493 e. The maximum Gasteiger partial charge on any atom is 0.243 e. The monoisotopic (exact) mass is 390 g/mol. The van der Waals surface area contributed by atoms with Crippen molar-refractivity contribution in [2.24, 2.45) is 0 Å². The predicted octanol–water partition coefficient (Wildman–Crippen LogP) is 2.69. The molecule has 0 N–H and O–H groups in total. The van der Waals surface area contributed by atoms with E-state index >= 15 is 0 Å². The van der Waals surface area contributed by atoms with Crippen LogP contribution in [0.3, 0.4) is 0 Å². The van der Waals surface area contributed by atoms with Crippen molar-refractivity contribution in [1.29, 1.82) is 0 Å². The van der Waals surface area contributed by atoms with Crippen molar-refractivity contribution >= 4 is 10.0 Å². The Morgan fingerprint density at radius 2 is 1.63 bits per heavy atom. The van der Waals surface area contributed by atoms with Crippen molar-refractivity contribution in [1.82, 2.24) is 9.21 Å². The summed E-state index contributed by atoms with van der Waals surface area (Å²) in [5, 5.41) is 0. The smallest absolute Gasteiger partial charge is 0.243 e. The van der Waals surface area contributed by atoms with Gasteiger partial charge < -0.3 is 9.47 Å². The van der Waals surface area contributed by atoms with Gasteiger partial charge in [0.15, 0.2) is 11.5 Å². The minimum absolute atomic E-state index is 0.0225. The van der Waals surface area contributed by atoms with Gasteiger partial charge in [-0.3, -0.25) is 4.90 Å². The molecule has 1 heterocycles. The summed E-state index contributed by atoms with van der Waals surface area (Å²) in [6.07, 6.45) is 0. The van der Waals surface area contributed by atoms with Crippen LogP contribution < -0.4 is 9.47 Å². The number of hydrogen-bond acceptors (Lipinski definition) is 5. The number of aryl methyl sites for hydroxylation is 1. The highest BCUT2D eigenvalue weighted by atomic mass is 32.2. The van der Waals surface area contributed by atoms with Crippen LogP contribution >= 0.6 is 0 Å². The lowest BCUT2D eigenvalue weighted by molar-refractivity contribution is 0.148. The highest BCUT2D eigenvalue weighted by Gasteiger charge is 2.33. The van der Waals surface area contributed by atoms with Gasteiger partial charge in [0.2, 0.25) is 10.0 Å². The number of likely N-dealkylation sites (N-methyl/N-ethyl adjacent to an activating group) is 1. The normalized spacial score (nSPS) is 19.0. The fourth-order valence-electron chi connectivity index (χ4n) is 3.34. The number of ether oxygens (including phenoxy) is 2. The molecule has 27 heavy (non-hydrogen) atoms. The number of sulfonamides is 1.